The summed E-state index contributed by atoms with van der Waals surface area (Å²) in [6.45, 7) is 10.9. The summed E-state index contributed by atoms with van der Waals surface area (Å²) in [6, 6.07) is 7.94. The van der Waals surface area contributed by atoms with Gasteiger partial charge in [-0.1, -0.05) is 43.7 Å². The van der Waals surface area contributed by atoms with Gasteiger partial charge in [-0.3, -0.25) is 4.79 Å². The van der Waals surface area contributed by atoms with E-state index in [2.05, 4.69) is 19.2 Å². The highest BCUT2D eigenvalue weighted by Gasteiger charge is 2.29. The SMILES string of the molecule is Cc1ccc(C(C)(C)C(=O)NCC(O)COCC(C)C)cc1. The number of benzene rings is 1. The Labute approximate surface area is 133 Å². The summed E-state index contributed by atoms with van der Waals surface area (Å²) in [5.41, 5.74) is 1.49. The lowest BCUT2D eigenvalue weighted by Gasteiger charge is -2.25. The van der Waals surface area contributed by atoms with E-state index < -0.39 is 11.5 Å². The Morgan fingerprint density at radius 3 is 2.36 bits per heavy atom. The monoisotopic (exact) mass is 307 g/mol. The van der Waals surface area contributed by atoms with E-state index in [4.69, 9.17) is 4.74 Å². The lowest BCUT2D eigenvalue weighted by Crippen LogP contribution is -2.44. The second-order valence-corrected chi connectivity index (χ2v) is 6.79. The number of hydrogen-bond acceptors (Lipinski definition) is 3. The average Bonchev–Trinajstić information content (AvgIpc) is 2.44. The molecule has 1 rings (SSSR count). The van der Waals surface area contributed by atoms with E-state index in [0.29, 0.717) is 12.5 Å². The molecule has 1 amide bonds. The van der Waals surface area contributed by atoms with E-state index in [1.807, 2.05) is 45.0 Å². The zero-order chi connectivity index (χ0) is 16.8. The highest BCUT2D eigenvalue weighted by Crippen LogP contribution is 2.23. The molecule has 4 heteroatoms. The number of ether oxygens (including phenoxy) is 1. The van der Waals surface area contributed by atoms with Gasteiger partial charge in [0.1, 0.15) is 0 Å². The van der Waals surface area contributed by atoms with Gasteiger partial charge in [0.05, 0.1) is 18.1 Å². The van der Waals surface area contributed by atoms with Crippen molar-refractivity contribution in [3.05, 3.63) is 35.4 Å². The molecule has 4 nitrogen and oxygen atoms in total. The van der Waals surface area contributed by atoms with Gasteiger partial charge in [-0.15, -0.1) is 0 Å². The summed E-state index contributed by atoms with van der Waals surface area (Å²) in [5, 5.41) is 12.6. The Bertz CT molecular complexity index is 466. The first-order valence-electron chi connectivity index (χ1n) is 7.84. The number of rotatable bonds is 8. The second-order valence-electron chi connectivity index (χ2n) is 6.79. The molecular weight excluding hydrogens is 278 g/mol. The minimum atomic E-state index is -0.684. The van der Waals surface area contributed by atoms with E-state index in [9.17, 15) is 9.90 Å². The normalized spacial score (nSPS) is 13.2. The van der Waals surface area contributed by atoms with Gasteiger partial charge in [0.15, 0.2) is 0 Å². The third kappa shape index (κ3) is 5.78. The van der Waals surface area contributed by atoms with Crippen LogP contribution in [0.4, 0.5) is 0 Å². The molecule has 0 fully saturated rings. The minimum absolute atomic E-state index is 0.0979. The first kappa shape index (κ1) is 18.7. The molecule has 1 aromatic rings. The Morgan fingerprint density at radius 1 is 1.23 bits per heavy atom. The third-order valence-electron chi connectivity index (χ3n) is 3.60. The zero-order valence-electron chi connectivity index (χ0n) is 14.3. The molecule has 22 heavy (non-hydrogen) atoms. The maximum atomic E-state index is 12.4. The van der Waals surface area contributed by atoms with Crippen LogP contribution in [0, 0.1) is 12.8 Å². The van der Waals surface area contributed by atoms with Crippen LogP contribution in [0.2, 0.25) is 0 Å². The molecule has 0 aliphatic heterocycles. The molecule has 0 aliphatic rings. The van der Waals surface area contributed by atoms with Crippen molar-refractivity contribution < 1.29 is 14.6 Å². The maximum absolute atomic E-state index is 12.4. The zero-order valence-corrected chi connectivity index (χ0v) is 14.3. The number of hydrogen-bond donors (Lipinski definition) is 2. The number of carbonyl (C=O) groups excluding carboxylic acids is 1. The fraction of sp³-hybridized carbons (Fsp3) is 0.611. The van der Waals surface area contributed by atoms with Gasteiger partial charge in [-0.2, -0.15) is 0 Å². The number of aryl methyl sites for hydroxylation is 1. The Balaban J connectivity index is 2.48. The molecule has 0 saturated carbocycles. The van der Waals surface area contributed by atoms with Gasteiger partial charge in [-0.05, 0) is 32.3 Å². The van der Waals surface area contributed by atoms with Crippen LogP contribution in [0.25, 0.3) is 0 Å². The first-order valence-corrected chi connectivity index (χ1v) is 7.84. The highest BCUT2D eigenvalue weighted by atomic mass is 16.5. The van der Waals surface area contributed by atoms with Gasteiger partial charge in [-0.25, -0.2) is 0 Å². The van der Waals surface area contributed by atoms with Crippen molar-refractivity contribution in [3.63, 3.8) is 0 Å². The molecule has 0 aromatic heterocycles. The summed E-state index contributed by atoms with van der Waals surface area (Å²) in [7, 11) is 0. The standard InChI is InChI=1S/C18H29NO3/c1-13(2)11-22-12-16(20)10-19-17(21)18(4,5)15-8-6-14(3)7-9-15/h6-9,13,16,20H,10-12H2,1-5H3,(H,19,21). The molecule has 1 atom stereocenters. The molecule has 0 spiro atoms. The third-order valence-corrected chi connectivity index (χ3v) is 3.60. The van der Waals surface area contributed by atoms with Crippen LogP contribution in [-0.4, -0.2) is 36.9 Å². The molecule has 0 radical (unpaired) electrons. The minimum Gasteiger partial charge on any atom is -0.389 e. The fourth-order valence-corrected chi connectivity index (χ4v) is 2.03. The molecule has 0 heterocycles. The van der Waals surface area contributed by atoms with Gasteiger partial charge in [0.25, 0.3) is 0 Å². The summed E-state index contributed by atoms with van der Waals surface area (Å²) < 4.78 is 5.37. The highest BCUT2D eigenvalue weighted by molar-refractivity contribution is 5.87. The number of nitrogens with one attached hydrogen (secondary N) is 1. The van der Waals surface area contributed by atoms with Crippen LogP contribution >= 0.6 is 0 Å². The summed E-state index contributed by atoms with van der Waals surface area (Å²) >= 11 is 0. The number of carbonyl (C=O) groups is 1. The smallest absolute Gasteiger partial charge is 0.230 e. The molecule has 0 bridgehead atoms. The van der Waals surface area contributed by atoms with Crippen molar-refractivity contribution in [1.29, 1.82) is 0 Å². The molecule has 0 aliphatic carbocycles. The van der Waals surface area contributed by atoms with Crippen LogP contribution < -0.4 is 5.32 Å². The Hall–Kier alpha value is -1.39. The summed E-state index contributed by atoms with van der Waals surface area (Å²) in [5.74, 6) is 0.335. The van der Waals surface area contributed by atoms with Gasteiger partial charge < -0.3 is 15.2 Å². The van der Waals surface area contributed by atoms with E-state index in [1.54, 1.807) is 0 Å². The van der Waals surface area contributed by atoms with Crippen LogP contribution in [0.5, 0.6) is 0 Å². The lowest BCUT2D eigenvalue weighted by molar-refractivity contribution is -0.126. The predicted molar refractivity (Wildman–Crippen MR) is 88.9 cm³/mol. The van der Waals surface area contributed by atoms with Crippen molar-refractivity contribution in [2.24, 2.45) is 5.92 Å². The van der Waals surface area contributed by atoms with Gasteiger partial charge in [0.2, 0.25) is 5.91 Å². The number of amides is 1. The largest absolute Gasteiger partial charge is 0.389 e. The van der Waals surface area contributed by atoms with Gasteiger partial charge >= 0.3 is 0 Å². The van der Waals surface area contributed by atoms with Crippen molar-refractivity contribution in [2.75, 3.05) is 19.8 Å². The number of aliphatic hydroxyl groups is 1. The molecule has 124 valence electrons. The fourth-order valence-electron chi connectivity index (χ4n) is 2.03. The molecule has 1 aromatic carbocycles. The Kier molecular flexibility index (Phi) is 7.04. The van der Waals surface area contributed by atoms with Gasteiger partial charge in [0, 0.05) is 13.2 Å². The van der Waals surface area contributed by atoms with Crippen LogP contribution in [-0.2, 0) is 14.9 Å². The topological polar surface area (TPSA) is 58.6 Å². The Morgan fingerprint density at radius 2 is 1.82 bits per heavy atom. The molecule has 2 N–H and O–H groups in total. The number of aliphatic hydroxyl groups excluding tert-OH is 1. The lowest BCUT2D eigenvalue weighted by atomic mass is 9.83. The molecule has 1 unspecified atom stereocenters. The second kappa shape index (κ2) is 8.30. The van der Waals surface area contributed by atoms with E-state index in [0.717, 1.165) is 11.1 Å². The average molecular weight is 307 g/mol. The first-order chi connectivity index (χ1) is 10.2. The van der Waals surface area contributed by atoms with Crippen LogP contribution in [0.1, 0.15) is 38.8 Å². The van der Waals surface area contributed by atoms with Crippen LogP contribution in [0.3, 0.4) is 0 Å². The van der Waals surface area contributed by atoms with Crippen molar-refractivity contribution in [1.82, 2.24) is 5.32 Å². The van der Waals surface area contributed by atoms with Crippen molar-refractivity contribution in [3.8, 4) is 0 Å². The summed E-state index contributed by atoms with van der Waals surface area (Å²) in [6.07, 6.45) is -0.684. The maximum Gasteiger partial charge on any atom is 0.230 e. The summed E-state index contributed by atoms with van der Waals surface area (Å²) in [4.78, 5) is 12.4. The van der Waals surface area contributed by atoms with E-state index in [1.165, 1.54) is 0 Å². The van der Waals surface area contributed by atoms with Crippen molar-refractivity contribution >= 4 is 5.91 Å². The van der Waals surface area contributed by atoms with E-state index >= 15 is 0 Å². The molecular formula is C18H29NO3. The van der Waals surface area contributed by atoms with Crippen molar-refractivity contribution in [2.45, 2.75) is 46.1 Å². The van der Waals surface area contributed by atoms with E-state index in [-0.39, 0.29) is 19.1 Å². The predicted octanol–water partition coefficient (Wildman–Crippen LogP) is 2.42. The molecule has 0 saturated heterocycles. The quantitative estimate of drug-likeness (QED) is 0.775. The van der Waals surface area contributed by atoms with Crippen LogP contribution in [0.15, 0.2) is 24.3 Å².